The Bertz CT molecular complexity index is 1170. The Balaban J connectivity index is 1.46. The fourth-order valence-electron chi connectivity index (χ4n) is 4.03. The molecule has 1 aromatic carbocycles. The number of alkyl halides is 3. The highest BCUT2D eigenvalue weighted by molar-refractivity contribution is 5.90. The maximum absolute atomic E-state index is 13.4. The van der Waals surface area contributed by atoms with Gasteiger partial charge in [0.2, 0.25) is 5.95 Å². The second-order valence-electron chi connectivity index (χ2n) is 9.36. The molecule has 33 heavy (non-hydrogen) atoms. The summed E-state index contributed by atoms with van der Waals surface area (Å²) in [6, 6.07) is 7.57. The Labute approximate surface area is 190 Å². The first-order valence-corrected chi connectivity index (χ1v) is 10.8. The second kappa shape index (κ2) is 8.24. The van der Waals surface area contributed by atoms with Gasteiger partial charge in [0.1, 0.15) is 5.82 Å². The maximum Gasteiger partial charge on any atom is 0.419 e. The van der Waals surface area contributed by atoms with E-state index in [1.54, 1.807) is 16.7 Å². The first-order valence-electron chi connectivity index (χ1n) is 10.8. The van der Waals surface area contributed by atoms with Crippen molar-refractivity contribution < 1.29 is 18.0 Å². The number of imidazole rings is 1. The van der Waals surface area contributed by atoms with Crippen molar-refractivity contribution in [1.82, 2.24) is 19.9 Å². The Morgan fingerprint density at radius 3 is 2.61 bits per heavy atom. The van der Waals surface area contributed by atoms with Crippen molar-refractivity contribution in [3.63, 3.8) is 0 Å². The Morgan fingerprint density at radius 2 is 1.94 bits per heavy atom. The fourth-order valence-corrected chi connectivity index (χ4v) is 4.03. The van der Waals surface area contributed by atoms with E-state index in [1.165, 1.54) is 12.3 Å². The minimum Gasteiger partial charge on any atom is -0.352 e. The van der Waals surface area contributed by atoms with Gasteiger partial charge in [0.25, 0.3) is 0 Å². The van der Waals surface area contributed by atoms with E-state index in [2.05, 4.69) is 41.0 Å². The Kier molecular flexibility index (Phi) is 5.71. The molecule has 2 N–H and O–H groups in total. The summed E-state index contributed by atoms with van der Waals surface area (Å²) < 4.78 is 40.1. The number of hydrogen-bond donors (Lipinski definition) is 2. The van der Waals surface area contributed by atoms with Crippen LogP contribution in [0.2, 0.25) is 0 Å². The van der Waals surface area contributed by atoms with Crippen LogP contribution in [0.1, 0.15) is 38.8 Å². The average molecular weight is 461 g/mol. The number of anilines is 2. The Hall–Kier alpha value is -3.30. The van der Waals surface area contributed by atoms with Crippen LogP contribution in [0.15, 0.2) is 36.5 Å². The van der Waals surface area contributed by atoms with Crippen molar-refractivity contribution in [2.45, 2.75) is 45.3 Å². The van der Waals surface area contributed by atoms with Gasteiger partial charge in [0, 0.05) is 31.9 Å². The third kappa shape index (κ3) is 4.74. The summed E-state index contributed by atoms with van der Waals surface area (Å²) in [5.74, 6) is 0.226. The molecule has 2 amide bonds. The van der Waals surface area contributed by atoms with Crippen LogP contribution in [-0.4, -0.2) is 51.6 Å². The van der Waals surface area contributed by atoms with Crippen molar-refractivity contribution in [3.8, 4) is 0 Å². The number of fused-ring (bicyclic) bond motifs is 1. The number of nitrogens with one attached hydrogen (secondary N) is 2. The monoisotopic (exact) mass is 460 g/mol. The molecule has 0 saturated carbocycles. The zero-order chi connectivity index (χ0) is 24.0. The van der Waals surface area contributed by atoms with E-state index in [9.17, 15) is 18.0 Å². The number of benzene rings is 1. The molecule has 176 valence electrons. The smallest absolute Gasteiger partial charge is 0.352 e. The van der Waals surface area contributed by atoms with Gasteiger partial charge in [-0.25, -0.2) is 14.8 Å². The van der Waals surface area contributed by atoms with Crippen LogP contribution >= 0.6 is 0 Å². The molecule has 0 spiro atoms. The lowest BCUT2D eigenvalue weighted by atomic mass is 9.87. The summed E-state index contributed by atoms with van der Waals surface area (Å²) in [6.45, 7) is 8.91. The zero-order valence-corrected chi connectivity index (χ0v) is 19.0. The van der Waals surface area contributed by atoms with Crippen LogP contribution in [0, 0.1) is 0 Å². The van der Waals surface area contributed by atoms with E-state index in [0.717, 1.165) is 22.7 Å². The third-order valence-electron chi connectivity index (χ3n) is 5.85. The molecule has 0 aliphatic carbocycles. The van der Waals surface area contributed by atoms with Gasteiger partial charge in [-0.1, -0.05) is 26.8 Å². The maximum atomic E-state index is 13.4. The standard InChI is InChI=1S/C23H27F3N6O/c1-14-13-31(19-16(23(24,25)26)6-5-9-27-19)10-11-32(14)21(33)30-20-28-17-8-7-15(22(2,3)4)12-18(17)29-20/h5-9,12,14H,10-11,13H2,1-4H3,(H2,28,29,30,33)/t14-/m1/s1. The van der Waals surface area contributed by atoms with E-state index in [0.29, 0.717) is 5.95 Å². The number of carbonyl (C=O) groups excluding carboxylic acids is 1. The van der Waals surface area contributed by atoms with Gasteiger partial charge in [-0.05, 0) is 42.2 Å². The second-order valence-corrected chi connectivity index (χ2v) is 9.36. The van der Waals surface area contributed by atoms with Crippen molar-refractivity contribution in [3.05, 3.63) is 47.7 Å². The molecule has 1 atom stereocenters. The van der Waals surface area contributed by atoms with Crippen molar-refractivity contribution in [1.29, 1.82) is 0 Å². The quantitative estimate of drug-likeness (QED) is 0.563. The van der Waals surface area contributed by atoms with Gasteiger partial charge in [-0.3, -0.25) is 5.32 Å². The third-order valence-corrected chi connectivity index (χ3v) is 5.85. The fraction of sp³-hybridized carbons (Fsp3) is 0.435. The predicted molar refractivity (Wildman–Crippen MR) is 121 cm³/mol. The molecule has 3 heterocycles. The molecule has 1 fully saturated rings. The molecule has 10 heteroatoms. The number of halogens is 3. The number of amides is 2. The molecule has 7 nitrogen and oxygen atoms in total. The summed E-state index contributed by atoms with van der Waals surface area (Å²) in [6.07, 6.45) is -3.14. The molecule has 0 bridgehead atoms. The number of nitrogens with zero attached hydrogens (tertiary/aromatic N) is 4. The minimum absolute atomic E-state index is 0.0165. The van der Waals surface area contributed by atoms with Gasteiger partial charge in [0.05, 0.1) is 16.6 Å². The number of aromatic amines is 1. The molecule has 2 aromatic heterocycles. The lowest BCUT2D eigenvalue weighted by Gasteiger charge is -2.40. The van der Waals surface area contributed by atoms with E-state index < -0.39 is 11.7 Å². The first kappa shape index (κ1) is 22.9. The highest BCUT2D eigenvalue weighted by atomic mass is 19.4. The number of hydrogen-bond acceptors (Lipinski definition) is 4. The summed E-state index contributed by atoms with van der Waals surface area (Å²) in [7, 11) is 0. The van der Waals surface area contributed by atoms with Crippen LogP contribution in [-0.2, 0) is 11.6 Å². The number of piperazine rings is 1. The van der Waals surface area contributed by atoms with E-state index in [-0.39, 0.29) is 42.9 Å². The summed E-state index contributed by atoms with van der Waals surface area (Å²) in [5, 5.41) is 2.79. The SMILES string of the molecule is C[C@@H]1CN(c2ncccc2C(F)(F)F)CCN1C(=O)Nc1nc2ccc(C(C)(C)C)cc2[nH]1. The first-order chi connectivity index (χ1) is 15.4. The number of pyridine rings is 1. The van der Waals surface area contributed by atoms with E-state index in [1.807, 2.05) is 18.2 Å². The van der Waals surface area contributed by atoms with Crippen molar-refractivity contribution >= 4 is 28.8 Å². The van der Waals surface area contributed by atoms with E-state index >= 15 is 0 Å². The summed E-state index contributed by atoms with van der Waals surface area (Å²) >= 11 is 0. The van der Waals surface area contributed by atoms with Crippen LogP contribution < -0.4 is 10.2 Å². The number of rotatable bonds is 2. The zero-order valence-electron chi connectivity index (χ0n) is 19.0. The average Bonchev–Trinajstić information content (AvgIpc) is 3.13. The molecule has 1 aliphatic rings. The van der Waals surface area contributed by atoms with Crippen molar-refractivity contribution in [2.24, 2.45) is 0 Å². The predicted octanol–water partition coefficient (Wildman–Crippen LogP) is 5.02. The molecular formula is C23H27F3N6O. The molecule has 3 aromatic rings. The van der Waals surface area contributed by atoms with Crippen LogP contribution in [0.3, 0.4) is 0 Å². The minimum atomic E-state index is -4.49. The van der Waals surface area contributed by atoms with Gasteiger partial charge in [-0.2, -0.15) is 13.2 Å². The molecule has 4 rings (SSSR count). The van der Waals surface area contributed by atoms with Crippen molar-refractivity contribution in [2.75, 3.05) is 29.9 Å². The molecule has 0 unspecified atom stereocenters. The number of aromatic nitrogens is 3. The summed E-state index contributed by atoms with van der Waals surface area (Å²) in [5.41, 5.74) is 1.93. The normalized spacial score (nSPS) is 17.5. The number of carbonyl (C=O) groups is 1. The van der Waals surface area contributed by atoms with Gasteiger partial charge >= 0.3 is 12.2 Å². The van der Waals surface area contributed by atoms with Crippen LogP contribution in [0.5, 0.6) is 0 Å². The molecule has 1 aliphatic heterocycles. The lowest BCUT2D eigenvalue weighted by molar-refractivity contribution is -0.137. The van der Waals surface area contributed by atoms with Crippen LogP contribution in [0.4, 0.5) is 29.7 Å². The molecule has 0 radical (unpaired) electrons. The van der Waals surface area contributed by atoms with E-state index in [4.69, 9.17) is 0 Å². The Morgan fingerprint density at radius 1 is 1.18 bits per heavy atom. The summed E-state index contributed by atoms with van der Waals surface area (Å²) in [4.78, 5) is 27.6. The molecular weight excluding hydrogens is 433 g/mol. The highest BCUT2D eigenvalue weighted by Crippen LogP contribution is 2.35. The topological polar surface area (TPSA) is 77.2 Å². The highest BCUT2D eigenvalue weighted by Gasteiger charge is 2.37. The lowest BCUT2D eigenvalue weighted by Crippen LogP contribution is -2.55. The van der Waals surface area contributed by atoms with Crippen LogP contribution in [0.25, 0.3) is 11.0 Å². The van der Waals surface area contributed by atoms with Gasteiger partial charge < -0.3 is 14.8 Å². The van der Waals surface area contributed by atoms with Gasteiger partial charge in [-0.15, -0.1) is 0 Å². The van der Waals surface area contributed by atoms with Gasteiger partial charge in [0.15, 0.2) is 0 Å². The number of H-pyrrole nitrogens is 1. The number of urea groups is 1. The largest absolute Gasteiger partial charge is 0.419 e. The molecule has 1 saturated heterocycles.